The quantitative estimate of drug-likeness (QED) is 0.578. The standard InChI is InChI=1S/C19H16F3N3O4/c1-12-9-15(7-8-16(12)18(26)27-2)28-10-17-23-11-25(24-17)13-3-5-14(6-4-13)29-19(20,21)22/h3-9,11H,10H2,1-2H3. The molecule has 0 radical (unpaired) electrons. The number of rotatable bonds is 6. The van der Waals surface area contributed by atoms with E-state index in [1.807, 2.05) is 0 Å². The van der Waals surface area contributed by atoms with Gasteiger partial charge in [0.05, 0.1) is 18.4 Å². The third-order valence-electron chi connectivity index (χ3n) is 3.85. The SMILES string of the molecule is COC(=O)c1ccc(OCc2ncn(-c3ccc(OC(F)(F)F)cc3)n2)cc1C. The number of esters is 1. The van der Waals surface area contributed by atoms with Crippen LogP contribution in [0.1, 0.15) is 21.7 Å². The molecule has 1 heterocycles. The van der Waals surface area contributed by atoms with Gasteiger partial charge in [-0.15, -0.1) is 18.3 Å². The van der Waals surface area contributed by atoms with Gasteiger partial charge in [-0.1, -0.05) is 0 Å². The second-order valence-corrected chi connectivity index (χ2v) is 5.90. The van der Waals surface area contributed by atoms with Crippen LogP contribution in [0.15, 0.2) is 48.8 Å². The Morgan fingerprint density at radius 3 is 2.41 bits per heavy atom. The first-order chi connectivity index (χ1) is 13.7. The first kappa shape index (κ1) is 20.2. The van der Waals surface area contributed by atoms with Crippen molar-refractivity contribution in [3.05, 3.63) is 65.7 Å². The van der Waals surface area contributed by atoms with Crippen molar-refractivity contribution in [2.24, 2.45) is 0 Å². The molecule has 0 bridgehead atoms. The van der Waals surface area contributed by atoms with Gasteiger partial charge in [0.1, 0.15) is 24.4 Å². The van der Waals surface area contributed by atoms with Crippen molar-refractivity contribution in [1.29, 1.82) is 0 Å². The topological polar surface area (TPSA) is 75.5 Å². The van der Waals surface area contributed by atoms with Crippen LogP contribution in [0.25, 0.3) is 5.69 Å². The van der Waals surface area contributed by atoms with E-state index in [-0.39, 0.29) is 12.4 Å². The minimum atomic E-state index is -4.74. The lowest BCUT2D eigenvalue weighted by Gasteiger charge is -2.09. The van der Waals surface area contributed by atoms with Gasteiger partial charge >= 0.3 is 12.3 Å². The average Bonchev–Trinajstić information content (AvgIpc) is 3.14. The third-order valence-corrected chi connectivity index (χ3v) is 3.85. The lowest BCUT2D eigenvalue weighted by atomic mass is 10.1. The molecule has 3 aromatic rings. The van der Waals surface area contributed by atoms with Crippen molar-refractivity contribution < 1.29 is 32.2 Å². The summed E-state index contributed by atoms with van der Waals surface area (Å²) in [6.07, 6.45) is -3.32. The fourth-order valence-electron chi connectivity index (χ4n) is 2.50. The van der Waals surface area contributed by atoms with Crippen molar-refractivity contribution in [3.8, 4) is 17.2 Å². The molecular weight excluding hydrogens is 391 g/mol. The summed E-state index contributed by atoms with van der Waals surface area (Å²) in [5.74, 6) is 0.146. The molecule has 0 N–H and O–H groups in total. The van der Waals surface area contributed by atoms with Crippen molar-refractivity contribution >= 4 is 5.97 Å². The first-order valence-corrected chi connectivity index (χ1v) is 8.33. The van der Waals surface area contributed by atoms with E-state index in [1.165, 1.54) is 42.4 Å². The summed E-state index contributed by atoms with van der Waals surface area (Å²) < 4.78 is 52.2. The zero-order valence-corrected chi connectivity index (χ0v) is 15.4. The number of aromatic nitrogens is 3. The van der Waals surface area contributed by atoms with Crippen LogP contribution < -0.4 is 9.47 Å². The van der Waals surface area contributed by atoms with E-state index in [1.54, 1.807) is 25.1 Å². The van der Waals surface area contributed by atoms with E-state index in [4.69, 9.17) is 9.47 Å². The Labute approximate surface area is 163 Å². The van der Waals surface area contributed by atoms with Gasteiger partial charge in [-0.3, -0.25) is 0 Å². The molecule has 0 saturated heterocycles. The van der Waals surface area contributed by atoms with Gasteiger partial charge in [-0.2, -0.15) is 0 Å². The molecule has 0 unspecified atom stereocenters. The fraction of sp³-hybridized carbons (Fsp3) is 0.211. The van der Waals surface area contributed by atoms with Gasteiger partial charge < -0.3 is 14.2 Å². The predicted molar refractivity (Wildman–Crippen MR) is 94.9 cm³/mol. The van der Waals surface area contributed by atoms with Gasteiger partial charge in [0.25, 0.3) is 0 Å². The smallest absolute Gasteiger partial charge is 0.486 e. The molecule has 0 saturated carbocycles. The molecule has 0 spiro atoms. The maximum absolute atomic E-state index is 12.2. The Bertz CT molecular complexity index is 1000. The minimum absolute atomic E-state index is 0.0687. The highest BCUT2D eigenvalue weighted by Crippen LogP contribution is 2.23. The van der Waals surface area contributed by atoms with Gasteiger partial charge in [0, 0.05) is 0 Å². The second-order valence-electron chi connectivity index (χ2n) is 5.90. The number of alkyl halides is 3. The van der Waals surface area contributed by atoms with Gasteiger partial charge in [0.15, 0.2) is 5.82 Å². The van der Waals surface area contributed by atoms with Crippen LogP contribution in [0.2, 0.25) is 0 Å². The number of nitrogens with zero attached hydrogens (tertiary/aromatic N) is 3. The van der Waals surface area contributed by atoms with Gasteiger partial charge in [-0.25, -0.2) is 14.5 Å². The molecule has 152 valence electrons. The summed E-state index contributed by atoms with van der Waals surface area (Å²) >= 11 is 0. The van der Waals surface area contributed by atoms with Crippen LogP contribution in [-0.2, 0) is 11.3 Å². The molecular formula is C19H16F3N3O4. The predicted octanol–water partition coefficient (Wildman–Crippen LogP) is 3.84. The van der Waals surface area contributed by atoms with Crippen molar-refractivity contribution in [3.63, 3.8) is 0 Å². The Morgan fingerprint density at radius 1 is 1.10 bits per heavy atom. The fourth-order valence-corrected chi connectivity index (χ4v) is 2.50. The van der Waals surface area contributed by atoms with Crippen molar-refractivity contribution in [2.45, 2.75) is 19.9 Å². The molecule has 0 fully saturated rings. The van der Waals surface area contributed by atoms with E-state index in [0.29, 0.717) is 28.4 Å². The molecule has 0 atom stereocenters. The Kier molecular flexibility index (Phi) is 5.71. The number of methoxy groups -OCH3 is 1. The van der Waals surface area contributed by atoms with Crippen LogP contribution in [0.5, 0.6) is 11.5 Å². The van der Waals surface area contributed by atoms with E-state index in [0.717, 1.165) is 0 Å². The number of hydrogen-bond donors (Lipinski definition) is 0. The molecule has 10 heteroatoms. The summed E-state index contributed by atoms with van der Waals surface area (Å²) in [6.45, 7) is 1.83. The molecule has 1 aromatic heterocycles. The van der Waals surface area contributed by atoms with E-state index < -0.39 is 12.3 Å². The number of hydrogen-bond acceptors (Lipinski definition) is 6. The number of carbonyl (C=O) groups excluding carboxylic acids is 1. The van der Waals surface area contributed by atoms with Crippen molar-refractivity contribution in [1.82, 2.24) is 14.8 Å². The Balaban J connectivity index is 1.63. The molecule has 3 rings (SSSR count). The summed E-state index contributed by atoms with van der Waals surface area (Å²) in [4.78, 5) is 15.7. The van der Waals surface area contributed by atoms with Gasteiger partial charge in [0.2, 0.25) is 0 Å². The number of halogens is 3. The maximum atomic E-state index is 12.2. The second kappa shape index (κ2) is 8.21. The normalized spacial score (nSPS) is 11.2. The van der Waals surface area contributed by atoms with Crippen LogP contribution in [0, 0.1) is 6.92 Å². The van der Waals surface area contributed by atoms with Crippen LogP contribution in [0.3, 0.4) is 0 Å². The first-order valence-electron chi connectivity index (χ1n) is 8.33. The average molecular weight is 407 g/mol. The Hall–Kier alpha value is -3.56. The summed E-state index contributed by atoms with van der Waals surface area (Å²) in [5, 5.41) is 4.22. The van der Waals surface area contributed by atoms with Crippen LogP contribution >= 0.6 is 0 Å². The molecule has 2 aromatic carbocycles. The Morgan fingerprint density at radius 2 is 1.79 bits per heavy atom. The van der Waals surface area contributed by atoms with Crippen LogP contribution in [-0.4, -0.2) is 34.2 Å². The lowest BCUT2D eigenvalue weighted by Crippen LogP contribution is -2.17. The number of benzene rings is 2. The summed E-state index contributed by atoms with van der Waals surface area (Å²) in [5.41, 5.74) is 1.66. The molecule has 29 heavy (non-hydrogen) atoms. The summed E-state index contributed by atoms with van der Waals surface area (Å²) in [7, 11) is 1.31. The number of aryl methyl sites for hydroxylation is 1. The van der Waals surface area contributed by atoms with Gasteiger partial charge in [-0.05, 0) is 55.0 Å². The molecule has 0 aliphatic rings. The molecule has 0 aliphatic heterocycles. The largest absolute Gasteiger partial charge is 0.573 e. The zero-order chi connectivity index (χ0) is 21.0. The lowest BCUT2D eigenvalue weighted by molar-refractivity contribution is -0.274. The minimum Gasteiger partial charge on any atom is -0.486 e. The maximum Gasteiger partial charge on any atom is 0.573 e. The number of carbonyl (C=O) groups is 1. The third kappa shape index (κ3) is 5.24. The van der Waals surface area contributed by atoms with Crippen molar-refractivity contribution in [2.75, 3.05) is 7.11 Å². The van der Waals surface area contributed by atoms with E-state index in [2.05, 4.69) is 14.8 Å². The molecule has 0 amide bonds. The van der Waals surface area contributed by atoms with E-state index in [9.17, 15) is 18.0 Å². The van der Waals surface area contributed by atoms with Crippen LogP contribution in [0.4, 0.5) is 13.2 Å². The highest BCUT2D eigenvalue weighted by Gasteiger charge is 2.31. The highest BCUT2D eigenvalue weighted by atomic mass is 19.4. The summed E-state index contributed by atoms with van der Waals surface area (Å²) in [6, 6.07) is 10.2. The highest BCUT2D eigenvalue weighted by molar-refractivity contribution is 5.91. The monoisotopic (exact) mass is 407 g/mol. The molecule has 7 nitrogen and oxygen atoms in total. The van der Waals surface area contributed by atoms with E-state index >= 15 is 0 Å². The number of ether oxygens (including phenoxy) is 3. The molecule has 0 aliphatic carbocycles. The zero-order valence-electron chi connectivity index (χ0n) is 15.4.